The number of hydrogen-bond donors (Lipinski definition) is 1. The van der Waals surface area contributed by atoms with Crippen LogP contribution in [-0.4, -0.2) is 15.3 Å². The topological polar surface area (TPSA) is 46.4 Å². The van der Waals surface area contributed by atoms with E-state index in [2.05, 4.69) is 5.32 Å². The second-order valence-corrected chi connectivity index (χ2v) is 6.81. The first-order valence-electron chi connectivity index (χ1n) is 8.88. The maximum absolute atomic E-state index is 13.9. The summed E-state index contributed by atoms with van der Waals surface area (Å²) < 4.78 is 15.9. The van der Waals surface area contributed by atoms with Gasteiger partial charge < -0.3 is 9.72 Å². The first kappa shape index (κ1) is 18.2. The molecule has 0 saturated carbocycles. The highest BCUT2D eigenvalue weighted by molar-refractivity contribution is 6.30. The predicted molar refractivity (Wildman–Crippen MR) is 109 cm³/mol. The van der Waals surface area contributed by atoms with Crippen LogP contribution in [0, 0.1) is 5.82 Å². The molecule has 0 atom stereocenters. The standard InChI is InChI=1S/C22H17ClFN3O/c23-16-9-10-18(17(24)14-16)25-21(28)12-11-19-22(15-6-2-1-3-7-15)26-20-8-4-5-13-27(19)20/h1-10,13-14H,11-12H2,(H,25,28). The third-order valence-electron chi connectivity index (χ3n) is 4.47. The van der Waals surface area contributed by atoms with Crippen LogP contribution in [0.25, 0.3) is 16.9 Å². The maximum Gasteiger partial charge on any atom is 0.224 e. The highest BCUT2D eigenvalue weighted by atomic mass is 35.5. The number of benzene rings is 2. The normalized spacial score (nSPS) is 10.9. The van der Waals surface area contributed by atoms with Crippen molar-refractivity contribution in [2.75, 3.05) is 5.32 Å². The van der Waals surface area contributed by atoms with Gasteiger partial charge in [0.05, 0.1) is 17.1 Å². The highest BCUT2D eigenvalue weighted by Gasteiger charge is 2.15. The number of rotatable bonds is 5. The molecule has 2 aromatic carbocycles. The number of nitrogens with zero attached hydrogens (tertiary/aromatic N) is 2. The van der Waals surface area contributed by atoms with Crippen molar-refractivity contribution in [1.29, 1.82) is 0 Å². The van der Waals surface area contributed by atoms with Crippen molar-refractivity contribution in [2.45, 2.75) is 12.8 Å². The van der Waals surface area contributed by atoms with Crippen LogP contribution in [0.5, 0.6) is 0 Å². The Balaban J connectivity index is 1.58. The maximum atomic E-state index is 13.9. The Labute approximate surface area is 166 Å². The van der Waals surface area contributed by atoms with E-state index in [0.717, 1.165) is 22.6 Å². The number of carbonyl (C=O) groups excluding carboxylic acids is 1. The molecule has 0 fully saturated rings. The van der Waals surface area contributed by atoms with Crippen LogP contribution < -0.4 is 5.32 Å². The fraction of sp³-hybridized carbons (Fsp3) is 0.0909. The molecule has 6 heteroatoms. The van der Waals surface area contributed by atoms with E-state index in [1.165, 1.54) is 18.2 Å². The largest absolute Gasteiger partial charge is 0.324 e. The van der Waals surface area contributed by atoms with E-state index in [9.17, 15) is 9.18 Å². The van der Waals surface area contributed by atoms with Crippen molar-refractivity contribution >= 4 is 28.8 Å². The van der Waals surface area contributed by atoms with Crippen LogP contribution in [0.2, 0.25) is 5.02 Å². The summed E-state index contributed by atoms with van der Waals surface area (Å²) in [5, 5.41) is 2.89. The number of aryl methyl sites for hydroxylation is 1. The fourth-order valence-corrected chi connectivity index (χ4v) is 3.31. The molecule has 0 bridgehead atoms. The molecule has 4 aromatic rings. The minimum Gasteiger partial charge on any atom is -0.324 e. The van der Waals surface area contributed by atoms with E-state index >= 15 is 0 Å². The van der Waals surface area contributed by atoms with Gasteiger partial charge in [0.25, 0.3) is 0 Å². The second kappa shape index (κ2) is 7.82. The van der Waals surface area contributed by atoms with Gasteiger partial charge in [-0.15, -0.1) is 0 Å². The van der Waals surface area contributed by atoms with Gasteiger partial charge in [0.1, 0.15) is 11.5 Å². The number of pyridine rings is 1. The molecule has 28 heavy (non-hydrogen) atoms. The molecular formula is C22H17ClFN3O. The smallest absolute Gasteiger partial charge is 0.224 e. The number of anilines is 1. The summed E-state index contributed by atoms with van der Waals surface area (Å²) in [5.74, 6) is -0.827. The van der Waals surface area contributed by atoms with Gasteiger partial charge in [0.2, 0.25) is 5.91 Å². The summed E-state index contributed by atoms with van der Waals surface area (Å²) >= 11 is 5.75. The lowest BCUT2D eigenvalue weighted by atomic mass is 10.1. The number of aromatic nitrogens is 2. The number of carbonyl (C=O) groups is 1. The first-order valence-corrected chi connectivity index (χ1v) is 9.26. The molecule has 2 heterocycles. The van der Waals surface area contributed by atoms with E-state index in [-0.39, 0.29) is 23.0 Å². The SMILES string of the molecule is O=C(CCc1c(-c2ccccc2)nc2ccccn12)Nc1ccc(Cl)cc1F. The minimum absolute atomic E-state index is 0.121. The van der Waals surface area contributed by atoms with Crippen molar-refractivity contribution in [3.63, 3.8) is 0 Å². The van der Waals surface area contributed by atoms with E-state index < -0.39 is 5.82 Å². The summed E-state index contributed by atoms with van der Waals surface area (Å²) in [4.78, 5) is 17.1. The van der Waals surface area contributed by atoms with Gasteiger partial charge in [-0.1, -0.05) is 48.0 Å². The van der Waals surface area contributed by atoms with Gasteiger partial charge in [-0.25, -0.2) is 9.37 Å². The lowest BCUT2D eigenvalue weighted by Gasteiger charge is -2.08. The van der Waals surface area contributed by atoms with Crippen molar-refractivity contribution < 1.29 is 9.18 Å². The summed E-state index contributed by atoms with van der Waals surface area (Å²) in [5.41, 5.74) is 3.72. The van der Waals surface area contributed by atoms with Crippen molar-refractivity contribution in [3.05, 3.63) is 89.5 Å². The average molecular weight is 394 g/mol. The molecular weight excluding hydrogens is 377 g/mol. The Morgan fingerprint density at radius 1 is 1.07 bits per heavy atom. The Morgan fingerprint density at radius 2 is 1.86 bits per heavy atom. The highest BCUT2D eigenvalue weighted by Crippen LogP contribution is 2.26. The zero-order valence-electron chi connectivity index (χ0n) is 14.9. The van der Waals surface area contributed by atoms with Crippen LogP contribution in [0.3, 0.4) is 0 Å². The Morgan fingerprint density at radius 3 is 2.64 bits per heavy atom. The number of imidazole rings is 1. The monoisotopic (exact) mass is 393 g/mol. The van der Waals surface area contributed by atoms with Crippen molar-refractivity contribution in [1.82, 2.24) is 9.38 Å². The molecule has 2 aromatic heterocycles. The number of amides is 1. The minimum atomic E-state index is -0.555. The fourth-order valence-electron chi connectivity index (χ4n) is 3.15. The van der Waals surface area contributed by atoms with E-state index in [0.29, 0.717) is 6.42 Å². The van der Waals surface area contributed by atoms with Gasteiger partial charge in [-0.2, -0.15) is 0 Å². The average Bonchev–Trinajstić information content (AvgIpc) is 3.08. The summed E-state index contributed by atoms with van der Waals surface area (Å²) in [6.45, 7) is 0. The lowest BCUT2D eigenvalue weighted by molar-refractivity contribution is -0.116. The molecule has 0 spiro atoms. The summed E-state index contributed by atoms with van der Waals surface area (Å²) in [7, 11) is 0. The van der Waals surface area contributed by atoms with Gasteiger partial charge >= 0.3 is 0 Å². The molecule has 0 aliphatic rings. The van der Waals surface area contributed by atoms with E-state index in [1.807, 2.05) is 59.1 Å². The van der Waals surface area contributed by atoms with Crippen LogP contribution >= 0.6 is 11.6 Å². The summed E-state index contributed by atoms with van der Waals surface area (Å²) in [6, 6.07) is 19.8. The number of hydrogen-bond acceptors (Lipinski definition) is 2. The molecule has 0 aliphatic carbocycles. The molecule has 0 radical (unpaired) electrons. The molecule has 4 rings (SSSR count). The quantitative estimate of drug-likeness (QED) is 0.495. The molecule has 0 saturated heterocycles. The lowest BCUT2D eigenvalue weighted by Crippen LogP contribution is -2.14. The molecule has 0 aliphatic heterocycles. The molecule has 0 unspecified atom stereocenters. The molecule has 140 valence electrons. The zero-order valence-corrected chi connectivity index (χ0v) is 15.7. The van der Waals surface area contributed by atoms with Crippen molar-refractivity contribution in [2.24, 2.45) is 0 Å². The Bertz CT molecular complexity index is 1140. The number of halogens is 2. The van der Waals surface area contributed by atoms with Gasteiger partial charge in [-0.3, -0.25) is 4.79 Å². The Kier molecular flexibility index (Phi) is 5.08. The van der Waals surface area contributed by atoms with Crippen LogP contribution in [0.4, 0.5) is 10.1 Å². The zero-order chi connectivity index (χ0) is 19.5. The van der Waals surface area contributed by atoms with Crippen molar-refractivity contribution in [3.8, 4) is 11.3 Å². The molecule has 1 amide bonds. The third kappa shape index (κ3) is 3.75. The van der Waals surface area contributed by atoms with Gasteiger partial charge in [0, 0.05) is 23.2 Å². The van der Waals surface area contributed by atoms with Crippen LogP contribution in [0.15, 0.2) is 72.9 Å². The van der Waals surface area contributed by atoms with Gasteiger partial charge in [0.15, 0.2) is 0 Å². The summed E-state index contributed by atoms with van der Waals surface area (Å²) in [6.07, 6.45) is 2.60. The number of fused-ring (bicyclic) bond motifs is 1. The number of nitrogens with one attached hydrogen (secondary N) is 1. The van der Waals surface area contributed by atoms with Gasteiger partial charge in [-0.05, 0) is 36.8 Å². The third-order valence-corrected chi connectivity index (χ3v) is 4.71. The first-order chi connectivity index (χ1) is 13.6. The second-order valence-electron chi connectivity index (χ2n) is 6.37. The van der Waals surface area contributed by atoms with Crippen LogP contribution in [-0.2, 0) is 11.2 Å². The predicted octanol–water partition coefficient (Wildman–Crippen LogP) is 5.37. The molecule has 4 nitrogen and oxygen atoms in total. The Hall–Kier alpha value is -3.18. The molecule has 1 N–H and O–H groups in total. The van der Waals surface area contributed by atoms with Crippen LogP contribution in [0.1, 0.15) is 12.1 Å². The van der Waals surface area contributed by atoms with E-state index in [4.69, 9.17) is 16.6 Å². The van der Waals surface area contributed by atoms with E-state index in [1.54, 1.807) is 0 Å².